The van der Waals surface area contributed by atoms with Crippen LogP contribution in [0.4, 0.5) is 5.82 Å². The summed E-state index contributed by atoms with van der Waals surface area (Å²) < 4.78 is 4.45. The van der Waals surface area contributed by atoms with Gasteiger partial charge in [0.15, 0.2) is 5.65 Å². The Balaban J connectivity index is 2.06. The van der Waals surface area contributed by atoms with Gasteiger partial charge < -0.3 is 9.88 Å². The van der Waals surface area contributed by atoms with E-state index in [9.17, 15) is 0 Å². The molecule has 0 amide bonds. The Labute approximate surface area is 114 Å². The molecule has 94 valence electrons. The molecule has 3 aromatic rings. The van der Waals surface area contributed by atoms with Gasteiger partial charge in [-0.05, 0) is 24.4 Å². The summed E-state index contributed by atoms with van der Waals surface area (Å²) in [5.41, 5.74) is 1.79. The Bertz CT molecular complexity index is 818. The van der Waals surface area contributed by atoms with Crippen LogP contribution in [-0.2, 0) is 6.54 Å². The van der Waals surface area contributed by atoms with Gasteiger partial charge in [-0.3, -0.25) is 0 Å². The minimum Gasteiger partial charge on any atom is -0.369 e. The fourth-order valence-corrected chi connectivity index (χ4v) is 2.72. The van der Waals surface area contributed by atoms with E-state index in [-0.39, 0.29) is 0 Å². The fraction of sp³-hybridized carbons (Fsp3) is 0.154. The van der Waals surface area contributed by atoms with Gasteiger partial charge in [0.1, 0.15) is 5.82 Å². The molecule has 4 rings (SSSR count). The summed E-state index contributed by atoms with van der Waals surface area (Å²) in [5, 5.41) is 8.80. The molecular formula is C13H11N5S. The van der Waals surface area contributed by atoms with E-state index in [0.29, 0.717) is 4.77 Å². The van der Waals surface area contributed by atoms with Crippen molar-refractivity contribution in [3.63, 3.8) is 0 Å². The molecule has 1 N–H and O–H groups in total. The lowest BCUT2D eigenvalue weighted by atomic mass is 10.3. The average Bonchev–Trinajstić information content (AvgIpc) is 3.05. The first kappa shape index (κ1) is 10.7. The number of hydrogen-bond acceptors (Lipinski definition) is 4. The normalized spacial score (nSPS) is 13.5. The van der Waals surface area contributed by atoms with Gasteiger partial charge in [-0.2, -0.15) is 10.1 Å². The SMILES string of the molecule is S=c1nc2c(cnn2-c2ccccc2)c2n1CCN2. The molecule has 0 atom stereocenters. The van der Waals surface area contributed by atoms with Crippen molar-refractivity contribution in [2.75, 3.05) is 11.9 Å². The van der Waals surface area contributed by atoms with Crippen LogP contribution in [0.2, 0.25) is 0 Å². The van der Waals surface area contributed by atoms with Crippen molar-refractivity contribution in [2.24, 2.45) is 0 Å². The number of anilines is 1. The molecule has 1 aliphatic heterocycles. The molecule has 0 saturated carbocycles. The Morgan fingerprint density at radius 3 is 2.89 bits per heavy atom. The van der Waals surface area contributed by atoms with Crippen molar-refractivity contribution in [2.45, 2.75) is 6.54 Å². The number of para-hydroxylation sites is 1. The van der Waals surface area contributed by atoms with Crippen LogP contribution in [0.25, 0.3) is 16.7 Å². The van der Waals surface area contributed by atoms with Gasteiger partial charge in [-0.25, -0.2) is 4.68 Å². The Morgan fingerprint density at radius 2 is 2.05 bits per heavy atom. The molecule has 0 aliphatic carbocycles. The molecule has 1 aromatic carbocycles. The van der Waals surface area contributed by atoms with Crippen LogP contribution in [0.15, 0.2) is 36.5 Å². The van der Waals surface area contributed by atoms with Gasteiger partial charge in [0.05, 0.1) is 17.3 Å². The molecule has 0 radical (unpaired) electrons. The highest BCUT2D eigenvalue weighted by molar-refractivity contribution is 7.71. The number of nitrogens with one attached hydrogen (secondary N) is 1. The predicted molar refractivity (Wildman–Crippen MR) is 76.2 cm³/mol. The molecule has 0 unspecified atom stereocenters. The first-order valence-corrected chi connectivity index (χ1v) is 6.53. The highest BCUT2D eigenvalue weighted by Crippen LogP contribution is 2.26. The standard InChI is InChI=1S/C13H11N5S/c19-13-16-12-10(11-14-6-7-17(11)13)8-15-18(12)9-4-2-1-3-5-9/h1-5,8,14H,6-7H2. The summed E-state index contributed by atoms with van der Waals surface area (Å²) in [6, 6.07) is 9.96. The third kappa shape index (κ3) is 1.50. The van der Waals surface area contributed by atoms with Crippen molar-refractivity contribution in [1.82, 2.24) is 19.3 Å². The Kier molecular flexibility index (Phi) is 2.19. The van der Waals surface area contributed by atoms with Crippen molar-refractivity contribution in [3.05, 3.63) is 41.3 Å². The summed E-state index contributed by atoms with van der Waals surface area (Å²) in [7, 11) is 0. The van der Waals surface area contributed by atoms with E-state index in [1.807, 2.05) is 45.8 Å². The lowest BCUT2D eigenvalue weighted by Crippen LogP contribution is -2.02. The average molecular weight is 269 g/mol. The number of rotatable bonds is 1. The van der Waals surface area contributed by atoms with Crippen LogP contribution in [-0.4, -0.2) is 25.9 Å². The largest absolute Gasteiger partial charge is 0.369 e. The molecule has 6 heteroatoms. The van der Waals surface area contributed by atoms with Crippen LogP contribution in [0.1, 0.15) is 0 Å². The molecule has 0 fully saturated rings. The zero-order valence-corrected chi connectivity index (χ0v) is 10.9. The third-order valence-corrected chi connectivity index (χ3v) is 3.64. The monoisotopic (exact) mass is 269 g/mol. The first-order chi connectivity index (χ1) is 9.34. The van der Waals surface area contributed by atoms with E-state index in [4.69, 9.17) is 12.2 Å². The summed E-state index contributed by atoms with van der Waals surface area (Å²) in [5.74, 6) is 1.03. The summed E-state index contributed by atoms with van der Waals surface area (Å²) in [4.78, 5) is 4.52. The molecule has 0 spiro atoms. The molecular weight excluding hydrogens is 258 g/mol. The second-order valence-electron chi connectivity index (χ2n) is 4.45. The summed E-state index contributed by atoms with van der Waals surface area (Å²) in [6.45, 7) is 1.76. The van der Waals surface area contributed by atoms with Crippen LogP contribution in [0.5, 0.6) is 0 Å². The van der Waals surface area contributed by atoms with E-state index in [1.165, 1.54) is 0 Å². The summed E-state index contributed by atoms with van der Waals surface area (Å²) >= 11 is 5.35. The zero-order valence-electron chi connectivity index (χ0n) is 10.1. The van der Waals surface area contributed by atoms with Crippen LogP contribution >= 0.6 is 12.2 Å². The van der Waals surface area contributed by atoms with E-state index in [1.54, 1.807) is 0 Å². The van der Waals surface area contributed by atoms with E-state index in [0.717, 1.165) is 35.6 Å². The second kappa shape index (κ2) is 3.89. The van der Waals surface area contributed by atoms with E-state index >= 15 is 0 Å². The molecule has 1 aliphatic rings. The minimum absolute atomic E-state index is 0.602. The van der Waals surface area contributed by atoms with Gasteiger partial charge in [0, 0.05) is 13.1 Å². The van der Waals surface area contributed by atoms with E-state index < -0.39 is 0 Å². The minimum atomic E-state index is 0.602. The lowest BCUT2D eigenvalue weighted by molar-refractivity contribution is 0.769. The van der Waals surface area contributed by atoms with Crippen molar-refractivity contribution in [1.29, 1.82) is 0 Å². The molecule has 19 heavy (non-hydrogen) atoms. The van der Waals surface area contributed by atoms with Gasteiger partial charge in [0.2, 0.25) is 4.77 Å². The maximum absolute atomic E-state index is 5.35. The van der Waals surface area contributed by atoms with Crippen molar-refractivity contribution >= 4 is 29.1 Å². The highest BCUT2D eigenvalue weighted by atomic mass is 32.1. The van der Waals surface area contributed by atoms with Crippen LogP contribution < -0.4 is 5.32 Å². The quantitative estimate of drug-likeness (QED) is 0.689. The van der Waals surface area contributed by atoms with Crippen LogP contribution in [0, 0.1) is 4.77 Å². The Morgan fingerprint density at radius 1 is 1.21 bits per heavy atom. The molecule has 3 heterocycles. The molecule has 5 nitrogen and oxygen atoms in total. The first-order valence-electron chi connectivity index (χ1n) is 6.12. The van der Waals surface area contributed by atoms with Gasteiger partial charge in [0.25, 0.3) is 0 Å². The maximum Gasteiger partial charge on any atom is 0.203 e. The van der Waals surface area contributed by atoms with Crippen molar-refractivity contribution < 1.29 is 0 Å². The maximum atomic E-state index is 5.35. The fourth-order valence-electron chi connectivity index (χ4n) is 2.45. The van der Waals surface area contributed by atoms with Gasteiger partial charge in [-0.1, -0.05) is 18.2 Å². The second-order valence-corrected chi connectivity index (χ2v) is 4.82. The molecule has 0 saturated heterocycles. The zero-order chi connectivity index (χ0) is 12.8. The number of benzene rings is 1. The number of nitrogens with zero attached hydrogens (tertiary/aromatic N) is 4. The smallest absolute Gasteiger partial charge is 0.203 e. The summed E-state index contributed by atoms with van der Waals surface area (Å²) in [6.07, 6.45) is 1.84. The predicted octanol–water partition coefficient (Wildman–Crippen LogP) is 2.38. The van der Waals surface area contributed by atoms with Crippen molar-refractivity contribution in [3.8, 4) is 5.69 Å². The molecule has 2 aromatic heterocycles. The number of hydrogen-bond donors (Lipinski definition) is 1. The van der Waals surface area contributed by atoms with Gasteiger partial charge in [-0.15, -0.1) is 0 Å². The van der Waals surface area contributed by atoms with Gasteiger partial charge >= 0.3 is 0 Å². The topological polar surface area (TPSA) is 47.7 Å². The Hall–Kier alpha value is -2.21. The number of fused-ring (bicyclic) bond motifs is 3. The number of aromatic nitrogens is 4. The lowest BCUT2D eigenvalue weighted by Gasteiger charge is -2.06. The highest BCUT2D eigenvalue weighted by Gasteiger charge is 2.17. The van der Waals surface area contributed by atoms with Crippen LogP contribution in [0.3, 0.4) is 0 Å². The molecule has 0 bridgehead atoms. The van der Waals surface area contributed by atoms with E-state index in [2.05, 4.69) is 15.4 Å². The third-order valence-electron chi connectivity index (χ3n) is 3.33.